The molecule has 1 nitrogen and oxygen atoms in total. The monoisotopic (exact) mass is 251 g/mol. The molecule has 0 aliphatic heterocycles. The number of benzene rings is 1. The second-order valence-electron chi connectivity index (χ2n) is 5.80. The molecule has 2 heteroatoms. The van der Waals surface area contributed by atoms with E-state index >= 15 is 0 Å². The molecule has 1 aromatic rings. The maximum atomic E-state index is 12.9. The van der Waals surface area contributed by atoms with E-state index in [2.05, 4.69) is 32.7 Å². The molecule has 0 spiro atoms. The Labute approximate surface area is 111 Å². The van der Waals surface area contributed by atoms with Gasteiger partial charge in [0.15, 0.2) is 0 Å². The van der Waals surface area contributed by atoms with Crippen LogP contribution < -0.4 is 0 Å². The van der Waals surface area contributed by atoms with Gasteiger partial charge in [-0.1, -0.05) is 39.3 Å². The second kappa shape index (κ2) is 6.89. The van der Waals surface area contributed by atoms with E-state index in [0.717, 1.165) is 19.5 Å². The summed E-state index contributed by atoms with van der Waals surface area (Å²) in [6.07, 6.45) is 3.60. The van der Waals surface area contributed by atoms with Crippen molar-refractivity contribution in [3.8, 4) is 0 Å². The Morgan fingerprint density at radius 3 is 2.28 bits per heavy atom. The quantitative estimate of drug-likeness (QED) is 0.701. The van der Waals surface area contributed by atoms with Gasteiger partial charge in [-0.3, -0.25) is 0 Å². The SMILES string of the molecule is CCCCN(C)CCC(C)(C)c1ccc(F)cc1. The topological polar surface area (TPSA) is 3.24 Å². The Morgan fingerprint density at radius 1 is 1.11 bits per heavy atom. The van der Waals surface area contributed by atoms with Crippen LogP contribution in [0.25, 0.3) is 0 Å². The fourth-order valence-corrected chi connectivity index (χ4v) is 2.06. The van der Waals surface area contributed by atoms with Crippen molar-refractivity contribution >= 4 is 0 Å². The van der Waals surface area contributed by atoms with Crippen molar-refractivity contribution in [2.24, 2.45) is 0 Å². The first-order valence-electron chi connectivity index (χ1n) is 6.90. The molecule has 0 atom stereocenters. The minimum Gasteiger partial charge on any atom is -0.306 e. The number of hydrogen-bond acceptors (Lipinski definition) is 1. The molecule has 0 aliphatic carbocycles. The first-order chi connectivity index (χ1) is 8.45. The van der Waals surface area contributed by atoms with E-state index in [1.165, 1.54) is 18.4 Å². The molecule has 1 rings (SSSR count). The first-order valence-corrected chi connectivity index (χ1v) is 6.90. The fraction of sp³-hybridized carbons (Fsp3) is 0.625. The van der Waals surface area contributed by atoms with Crippen molar-refractivity contribution < 1.29 is 4.39 Å². The number of halogens is 1. The molecule has 0 radical (unpaired) electrons. The van der Waals surface area contributed by atoms with Crippen LogP contribution in [0.3, 0.4) is 0 Å². The van der Waals surface area contributed by atoms with Gasteiger partial charge < -0.3 is 4.90 Å². The molecule has 0 bridgehead atoms. The zero-order valence-corrected chi connectivity index (χ0v) is 12.2. The molecule has 0 unspecified atom stereocenters. The smallest absolute Gasteiger partial charge is 0.123 e. The Hall–Kier alpha value is -0.890. The van der Waals surface area contributed by atoms with E-state index in [0.29, 0.717) is 0 Å². The highest BCUT2D eigenvalue weighted by Gasteiger charge is 2.20. The Kier molecular flexibility index (Phi) is 5.80. The molecule has 0 aliphatic rings. The van der Waals surface area contributed by atoms with Crippen LogP contribution in [0.4, 0.5) is 4.39 Å². The highest BCUT2D eigenvalue weighted by molar-refractivity contribution is 5.24. The summed E-state index contributed by atoms with van der Waals surface area (Å²) in [5.74, 6) is -0.158. The summed E-state index contributed by atoms with van der Waals surface area (Å²) in [4.78, 5) is 2.38. The fourth-order valence-electron chi connectivity index (χ4n) is 2.06. The summed E-state index contributed by atoms with van der Waals surface area (Å²) in [7, 11) is 2.18. The summed E-state index contributed by atoms with van der Waals surface area (Å²) >= 11 is 0. The average Bonchev–Trinajstić information content (AvgIpc) is 2.34. The minimum atomic E-state index is -0.158. The van der Waals surface area contributed by atoms with Crippen LogP contribution >= 0.6 is 0 Å². The van der Waals surface area contributed by atoms with Crippen LogP contribution in [0.2, 0.25) is 0 Å². The van der Waals surface area contributed by atoms with Gasteiger partial charge in [0.2, 0.25) is 0 Å². The van der Waals surface area contributed by atoms with Gasteiger partial charge in [-0.05, 0) is 56.1 Å². The van der Waals surface area contributed by atoms with E-state index in [1.807, 2.05) is 12.1 Å². The van der Waals surface area contributed by atoms with E-state index in [-0.39, 0.29) is 11.2 Å². The van der Waals surface area contributed by atoms with Crippen molar-refractivity contribution in [1.82, 2.24) is 4.90 Å². The van der Waals surface area contributed by atoms with Crippen molar-refractivity contribution in [1.29, 1.82) is 0 Å². The highest BCUT2D eigenvalue weighted by Crippen LogP contribution is 2.27. The molecule has 0 saturated carbocycles. The molecule has 0 heterocycles. The molecule has 0 N–H and O–H groups in total. The van der Waals surface area contributed by atoms with Gasteiger partial charge in [-0.25, -0.2) is 4.39 Å². The van der Waals surface area contributed by atoms with Gasteiger partial charge in [-0.15, -0.1) is 0 Å². The average molecular weight is 251 g/mol. The van der Waals surface area contributed by atoms with Crippen LogP contribution in [0.5, 0.6) is 0 Å². The number of hydrogen-bond donors (Lipinski definition) is 0. The number of rotatable bonds is 7. The zero-order chi connectivity index (χ0) is 13.6. The Bertz CT molecular complexity index is 343. The number of nitrogens with zero attached hydrogens (tertiary/aromatic N) is 1. The van der Waals surface area contributed by atoms with E-state index in [4.69, 9.17) is 0 Å². The largest absolute Gasteiger partial charge is 0.306 e. The molecule has 0 saturated heterocycles. The lowest BCUT2D eigenvalue weighted by atomic mass is 9.81. The summed E-state index contributed by atoms with van der Waals surface area (Å²) in [6, 6.07) is 6.92. The van der Waals surface area contributed by atoms with Gasteiger partial charge in [-0.2, -0.15) is 0 Å². The molecular weight excluding hydrogens is 225 g/mol. The van der Waals surface area contributed by atoms with Crippen LogP contribution in [0, 0.1) is 5.82 Å². The van der Waals surface area contributed by atoms with E-state index < -0.39 is 0 Å². The normalized spacial score (nSPS) is 12.1. The van der Waals surface area contributed by atoms with Gasteiger partial charge in [0.05, 0.1) is 0 Å². The lowest BCUT2D eigenvalue weighted by Gasteiger charge is -2.28. The Morgan fingerprint density at radius 2 is 1.72 bits per heavy atom. The molecule has 0 aromatic heterocycles. The van der Waals surface area contributed by atoms with Gasteiger partial charge in [0.25, 0.3) is 0 Å². The lowest BCUT2D eigenvalue weighted by Crippen LogP contribution is -2.28. The van der Waals surface area contributed by atoms with Crippen molar-refractivity contribution in [2.45, 2.75) is 45.4 Å². The lowest BCUT2D eigenvalue weighted by molar-refractivity contribution is 0.290. The van der Waals surface area contributed by atoms with E-state index in [9.17, 15) is 4.39 Å². The predicted octanol–water partition coefficient (Wildman–Crippen LogP) is 4.23. The van der Waals surface area contributed by atoms with Crippen LogP contribution in [-0.4, -0.2) is 25.0 Å². The van der Waals surface area contributed by atoms with Crippen molar-refractivity contribution in [3.63, 3.8) is 0 Å². The summed E-state index contributed by atoms with van der Waals surface area (Å²) in [5, 5.41) is 0. The Balaban J connectivity index is 2.51. The molecule has 1 aromatic carbocycles. The van der Waals surface area contributed by atoms with E-state index in [1.54, 1.807) is 12.1 Å². The summed E-state index contributed by atoms with van der Waals surface area (Å²) < 4.78 is 12.9. The zero-order valence-electron chi connectivity index (χ0n) is 12.2. The molecular formula is C16H26FN. The third-order valence-corrected chi connectivity index (χ3v) is 3.64. The van der Waals surface area contributed by atoms with Crippen LogP contribution in [0.15, 0.2) is 24.3 Å². The number of unbranched alkanes of at least 4 members (excludes halogenated alkanes) is 1. The molecule has 0 amide bonds. The maximum Gasteiger partial charge on any atom is 0.123 e. The minimum absolute atomic E-state index is 0.105. The van der Waals surface area contributed by atoms with Crippen LogP contribution in [0.1, 0.15) is 45.6 Å². The third-order valence-electron chi connectivity index (χ3n) is 3.64. The molecule has 0 fully saturated rings. The van der Waals surface area contributed by atoms with Gasteiger partial charge in [0.1, 0.15) is 5.82 Å². The summed E-state index contributed by atoms with van der Waals surface area (Å²) in [6.45, 7) is 8.93. The first kappa shape index (κ1) is 15.2. The van der Waals surface area contributed by atoms with Crippen molar-refractivity contribution in [2.75, 3.05) is 20.1 Å². The predicted molar refractivity (Wildman–Crippen MR) is 76.4 cm³/mol. The summed E-state index contributed by atoms with van der Waals surface area (Å²) in [5.41, 5.74) is 1.32. The highest BCUT2D eigenvalue weighted by atomic mass is 19.1. The standard InChI is InChI=1S/C16H26FN/c1-5-6-12-18(4)13-11-16(2,3)14-7-9-15(17)10-8-14/h7-10H,5-6,11-13H2,1-4H3. The maximum absolute atomic E-state index is 12.9. The van der Waals surface area contributed by atoms with Crippen LogP contribution in [-0.2, 0) is 5.41 Å². The molecule has 102 valence electrons. The van der Waals surface area contributed by atoms with Crippen molar-refractivity contribution in [3.05, 3.63) is 35.6 Å². The molecule has 18 heavy (non-hydrogen) atoms. The second-order valence-corrected chi connectivity index (χ2v) is 5.80. The van der Waals surface area contributed by atoms with Gasteiger partial charge >= 0.3 is 0 Å². The van der Waals surface area contributed by atoms with Gasteiger partial charge in [0, 0.05) is 0 Å². The third kappa shape index (κ3) is 4.77.